The van der Waals surface area contributed by atoms with Gasteiger partial charge in [-0.1, -0.05) is 33.6 Å². The van der Waals surface area contributed by atoms with Gasteiger partial charge >= 0.3 is 0 Å². The van der Waals surface area contributed by atoms with Gasteiger partial charge in [-0.2, -0.15) is 0 Å². The van der Waals surface area contributed by atoms with Gasteiger partial charge in [0.05, 0.1) is 6.61 Å². The van der Waals surface area contributed by atoms with Crippen molar-refractivity contribution < 1.29 is 14.3 Å². The normalized spacial score (nSPS) is 21.1. The van der Waals surface area contributed by atoms with Crippen LogP contribution in [0.3, 0.4) is 0 Å². The molecule has 0 spiro atoms. The van der Waals surface area contributed by atoms with E-state index in [0.717, 1.165) is 25.0 Å². The first-order chi connectivity index (χ1) is 12.4. The molecule has 2 rings (SSSR count). The second kappa shape index (κ2) is 9.60. The lowest BCUT2D eigenvalue weighted by molar-refractivity contribution is -0.125. The smallest absolute Gasteiger partial charge is 0.251 e. The van der Waals surface area contributed by atoms with Gasteiger partial charge in [-0.05, 0) is 55.9 Å². The predicted molar refractivity (Wildman–Crippen MR) is 103 cm³/mol. The highest BCUT2D eigenvalue weighted by molar-refractivity contribution is 5.97. The molecule has 3 unspecified atom stereocenters. The van der Waals surface area contributed by atoms with Crippen molar-refractivity contribution in [3.05, 3.63) is 29.8 Å². The predicted octanol–water partition coefficient (Wildman–Crippen LogP) is 3.53. The van der Waals surface area contributed by atoms with Crippen LogP contribution in [0.1, 0.15) is 63.7 Å². The average molecular weight is 360 g/mol. The maximum Gasteiger partial charge on any atom is 0.251 e. The van der Waals surface area contributed by atoms with E-state index < -0.39 is 6.04 Å². The molecule has 2 N–H and O–H groups in total. The summed E-state index contributed by atoms with van der Waals surface area (Å²) in [6.07, 6.45) is 4.55. The van der Waals surface area contributed by atoms with Gasteiger partial charge in [-0.25, -0.2) is 0 Å². The molecular weight excluding hydrogens is 328 g/mol. The Morgan fingerprint density at radius 3 is 2.38 bits per heavy atom. The molecule has 1 aromatic carbocycles. The van der Waals surface area contributed by atoms with Crippen LogP contribution in [0, 0.1) is 11.8 Å². The molecule has 1 aromatic rings. The molecule has 5 nitrogen and oxygen atoms in total. The highest BCUT2D eigenvalue weighted by atomic mass is 16.5. The third kappa shape index (κ3) is 5.48. The van der Waals surface area contributed by atoms with Crippen molar-refractivity contribution in [2.75, 3.05) is 6.61 Å². The fraction of sp³-hybridized carbons (Fsp3) is 0.619. The lowest BCUT2D eigenvalue weighted by atomic mass is 9.85. The molecule has 26 heavy (non-hydrogen) atoms. The van der Waals surface area contributed by atoms with Crippen LogP contribution in [0.2, 0.25) is 0 Å². The van der Waals surface area contributed by atoms with Gasteiger partial charge in [0.1, 0.15) is 11.8 Å². The summed E-state index contributed by atoms with van der Waals surface area (Å²) in [5.74, 6) is 0.910. The van der Waals surface area contributed by atoms with Crippen molar-refractivity contribution in [2.45, 2.75) is 65.5 Å². The molecule has 0 heterocycles. The lowest BCUT2D eigenvalue weighted by Gasteiger charge is -2.32. The number of nitrogens with one attached hydrogen (secondary N) is 2. The molecule has 0 aliphatic heterocycles. The molecule has 3 atom stereocenters. The molecule has 2 amide bonds. The lowest BCUT2D eigenvalue weighted by Crippen LogP contribution is -2.53. The summed E-state index contributed by atoms with van der Waals surface area (Å²) >= 11 is 0. The van der Waals surface area contributed by atoms with Crippen LogP contribution in [0.4, 0.5) is 0 Å². The first kappa shape index (κ1) is 20.3. The number of carbonyl (C=O) groups is 2. The Kier molecular flexibility index (Phi) is 7.49. The summed E-state index contributed by atoms with van der Waals surface area (Å²) in [5, 5.41) is 6.06. The Bertz CT molecular complexity index is 598. The number of hydrogen-bond acceptors (Lipinski definition) is 3. The minimum atomic E-state index is -0.539. The Hall–Kier alpha value is -2.04. The molecule has 144 valence electrons. The SMILES string of the molecule is CCOc1ccc(C(=O)NC(C(=O)NC2CCCCC2C)C(C)C)cc1. The highest BCUT2D eigenvalue weighted by Crippen LogP contribution is 2.24. The molecule has 0 bridgehead atoms. The zero-order valence-corrected chi connectivity index (χ0v) is 16.4. The summed E-state index contributed by atoms with van der Waals surface area (Å²) in [6.45, 7) is 8.59. The van der Waals surface area contributed by atoms with Crippen molar-refractivity contribution >= 4 is 11.8 Å². The van der Waals surface area contributed by atoms with E-state index in [4.69, 9.17) is 4.74 Å². The van der Waals surface area contributed by atoms with Crippen LogP contribution < -0.4 is 15.4 Å². The fourth-order valence-electron chi connectivity index (χ4n) is 3.43. The molecule has 1 aliphatic rings. The van der Waals surface area contributed by atoms with Gasteiger partial charge in [0, 0.05) is 11.6 Å². The Morgan fingerprint density at radius 2 is 1.81 bits per heavy atom. The maximum atomic E-state index is 12.8. The first-order valence-electron chi connectivity index (χ1n) is 9.76. The van der Waals surface area contributed by atoms with Crippen LogP contribution in [-0.2, 0) is 4.79 Å². The van der Waals surface area contributed by atoms with E-state index in [2.05, 4.69) is 17.6 Å². The fourth-order valence-corrected chi connectivity index (χ4v) is 3.43. The maximum absolute atomic E-state index is 12.8. The van der Waals surface area contributed by atoms with Crippen LogP contribution >= 0.6 is 0 Å². The average Bonchev–Trinajstić information content (AvgIpc) is 2.62. The number of ether oxygens (including phenoxy) is 1. The molecule has 5 heteroatoms. The molecule has 0 saturated heterocycles. The van der Waals surface area contributed by atoms with E-state index in [1.54, 1.807) is 24.3 Å². The zero-order chi connectivity index (χ0) is 19.1. The van der Waals surface area contributed by atoms with Crippen molar-refractivity contribution in [1.82, 2.24) is 10.6 Å². The summed E-state index contributed by atoms with van der Waals surface area (Å²) in [4.78, 5) is 25.3. The van der Waals surface area contributed by atoms with Gasteiger partial charge in [0.15, 0.2) is 0 Å². The molecule has 1 saturated carbocycles. The van der Waals surface area contributed by atoms with Crippen LogP contribution in [-0.4, -0.2) is 30.5 Å². The van der Waals surface area contributed by atoms with Crippen molar-refractivity contribution in [3.63, 3.8) is 0 Å². The van der Waals surface area contributed by atoms with Crippen molar-refractivity contribution in [1.29, 1.82) is 0 Å². The largest absolute Gasteiger partial charge is 0.494 e. The van der Waals surface area contributed by atoms with E-state index in [1.165, 1.54) is 6.42 Å². The number of carbonyl (C=O) groups excluding carboxylic acids is 2. The highest BCUT2D eigenvalue weighted by Gasteiger charge is 2.29. The third-order valence-electron chi connectivity index (χ3n) is 5.10. The minimum absolute atomic E-state index is 0.0144. The summed E-state index contributed by atoms with van der Waals surface area (Å²) in [6, 6.07) is 6.65. The molecule has 0 radical (unpaired) electrons. The molecule has 0 aromatic heterocycles. The van der Waals surface area contributed by atoms with Crippen LogP contribution in [0.15, 0.2) is 24.3 Å². The topological polar surface area (TPSA) is 67.4 Å². The number of benzene rings is 1. The zero-order valence-electron chi connectivity index (χ0n) is 16.4. The van der Waals surface area contributed by atoms with Crippen LogP contribution in [0.25, 0.3) is 0 Å². The molecule has 1 aliphatic carbocycles. The van der Waals surface area contributed by atoms with Gasteiger partial charge < -0.3 is 15.4 Å². The summed E-state index contributed by atoms with van der Waals surface area (Å²) < 4.78 is 5.40. The Balaban J connectivity index is 1.99. The van der Waals surface area contributed by atoms with E-state index in [0.29, 0.717) is 18.1 Å². The third-order valence-corrected chi connectivity index (χ3v) is 5.10. The summed E-state index contributed by atoms with van der Waals surface area (Å²) in [7, 11) is 0. The first-order valence-corrected chi connectivity index (χ1v) is 9.76. The van der Waals surface area contributed by atoms with Gasteiger partial charge in [-0.3, -0.25) is 9.59 Å². The van der Waals surface area contributed by atoms with Gasteiger partial charge in [0.25, 0.3) is 5.91 Å². The summed E-state index contributed by atoms with van der Waals surface area (Å²) in [5.41, 5.74) is 0.526. The second-order valence-corrected chi connectivity index (χ2v) is 7.53. The quantitative estimate of drug-likeness (QED) is 0.781. The second-order valence-electron chi connectivity index (χ2n) is 7.53. The van der Waals surface area contributed by atoms with Gasteiger partial charge in [-0.15, -0.1) is 0 Å². The number of rotatable bonds is 7. The standard InChI is InChI=1S/C21H32N2O3/c1-5-26-17-12-10-16(11-13-17)20(24)23-19(14(2)3)21(25)22-18-9-7-6-8-15(18)4/h10-15,18-19H,5-9H2,1-4H3,(H,22,25)(H,23,24). The molecule has 1 fully saturated rings. The Morgan fingerprint density at radius 1 is 1.15 bits per heavy atom. The van der Waals surface area contributed by atoms with E-state index in [-0.39, 0.29) is 23.8 Å². The van der Waals surface area contributed by atoms with E-state index in [1.807, 2.05) is 20.8 Å². The van der Waals surface area contributed by atoms with Crippen molar-refractivity contribution in [2.24, 2.45) is 11.8 Å². The Labute approximate surface area is 156 Å². The van der Waals surface area contributed by atoms with Crippen LogP contribution in [0.5, 0.6) is 5.75 Å². The van der Waals surface area contributed by atoms with Crippen molar-refractivity contribution in [3.8, 4) is 5.75 Å². The minimum Gasteiger partial charge on any atom is -0.494 e. The monoisotopic (exact) mass is 360 g/mol. The van der Waals surface area contributed by atoms with Gasteiger partial charge in [0.2, 0.25) is 5.91 Å². The van der Waals surface area contributed by atoms with E-state index in [9.17, 15) is 9.59 Å². The number of hydrogen-bond donors (Lipinski definition) is 2. The molecular formula is C21H32N2O3. The van der Waals surface area contributed by atoms with E-state index >= 15 is 0 Å². The number of amides is 2.